The standard InChI is InChI=1S/C33H60O6/c1-4-6-8-10-12-14-16-18-20-22-28-30(38-28)24-32(34)36-26-27(3)37-33(35)25-31-29(39-31)23-21-19-17-15-13-11-9-7-5-2/h27-31H,4-26H2,1-3H3. The van der Waals surface area contributed by atoms with Gasteiger partial charge in [-0.3, -0.25) is 9.59 Å². The van der Waals surface area contributed by atoms with Crippen LogP contribution in [0, 0.1) is 0 Å². The van der Waals surface area contributed by atoms with Gasteiger partial charge in [0.05, 0.1) is 37.3 Å². The minimum Gasteiger partial charge on any atom is -0.462 e. The number of ether oxygens (including phenoxy) is 4. The van der Waals surface area contributed by atoms with E-state index in [4.69, 9.17) is 18.9 Å². The van der Waals surface area contributed by atoms with Gasteiger partial charge in [-0.15, -0.1) is 0 Å². The molecular weight excluding hydrogens is 492 g/mol. The third-order valence-electron chi connectivity index (χ3n) is 8.11. The Hall–Kier alpha value is -1.14. The van der Waals surface area contributed by atoms with E-state index in [2.05, 4.69) is 13.8 Å². The van der Waals surface area contributed by atoms with E-state index in [-0.39, 0.29) is 49.4 Å². The van der Waals surface area contributed by atoms with E-state index >= 15 is 0 Å². The Labute approximate surface area is 239 Å². The van der Waals surface area contributed by atoms with Crippen molar-refractivity contribution in [1.82, 2.24) is 0 Å². The van der Waals surface area contributed by atoms with Crippen LogP contribution in [0.3, 0.4) is 0 Å². The zero-order chi connectivity index (χ0) is 28.1. The predicted octanol–water partition coefficient (Wildman–Crippen LogP) is 8.62. The molecule has 2 saturated heterocycles. The maximum atomic E-state index is 12.2. The molecule has 0 amide bonds. The molecule has 2 rings (SSSR count). The summed E-state index contributed by atoms with van der Waals surface area (Å²) in [6.07, 6.45) is 26.3. The highest BCUT2D eigenvalue weighted by Crippen LogP contribution is 2.31. The van der Waals surface area contributed by atoms with Gasteiger partial charge in [0.15, 0.2) is 0 Å². The topological polar surface area (TPSA) is 77.7 Å². The smallest absolute Gasteiger partial charge is 0.308 e. The van der Waals surface area contributed by atoms with Gasteiger partial charge < -0.3 is 18.9 Å². The monoisotopic (exact) mass is 552 g/mol. The van der Waals surface area contributed by atoms with Gasteiger partial charge in [-0.25, -0.2) is 0 Å². The Kier molecular flexibility index (Phi) is 18.9. The molecular formula is C33H60O6. The molecule has 0 aromatic rings. The van der Waals surface area contributed by atoms with E-state index in [1.807, 2.05) is 0 Å². The lowest BCUT2D eigenvalue weighted by Crippen LogP contribution is -2.23. The lowest BCUT2D eigenvalue weighted by Gasteiger charge is -2.13. The van der Waals surface area contributed by atoms with Gasteiger partial charge in [0.25, 0.3) is 0 Å². The van der Waals surface area contributed by atoms with Crippen LogP contribution in [-0.4, -0.2) is 49.1 Å². The minimum atomic E-state index is -0.450. The Morgan fingerprint density at radius 1 is 0.564 bits per heavy atom. The van der Waals surface area contributed by atoms with Crippen molar-refractivity contribution in [1.29, 1.82) is 0 Å². The summed E-state index contributed by atoms with van der Waals surface area (Å²) < 4.78 is 22.1. The van der Waals surface area contributed by atoms with Gasteiger partial charge in [-0.2, -0.15) is 0 Å². The second-order valence-corrected chi connectivity index (χ2v) is 12.1. The van der Waals surface area contributed by atoms with Crippen molar-refractivity contribution in [3.63, 3.8) is 0 Å². The van der Waals surface area contributed by atoms with Crippen LogP contribution in [0.5, 0.6) is 0 Å². The molecule has 0 aromatic carbocycles. The van der Waals surface area contributed by atoms with Crippen LogP contribution >= 0.6 is 0 Å². The fourth-order valence-corrected chi connectivity index (χ4v) is 5.44. The highest BCUT2D eigenvalue weighted by atomic mass is 16.6. The lowest BCUT2D eigenvalue weighted by atomic mass is 10.0. The molecule has 2 fully saturated rings. The van der Waals surface area contributed by atoms with Crippen LogP contribution in [0.1, 0.15) is 162 Å². The third-order valence-corrected chi connectivity index (χ3v) is 8.11. The molecule has 228 valence electrons. The number of hydrogen-bond donors (Lipinski definition) is 0. The van der Waals surface area contributed by atoms with Crippen molar-refractivity contribution < 1.29 is 28.5 Å². The molecule has 0 spiro atoms. The Balaban J connectivity index is 1.37. The highest BCUT2D eigenvalue weighted by Gasteiger charge is 2.41. The van der Waals surface area contributed by atoms with Crippen molar-refractivity contribution in [3.8, 4) is 0 Å². The van der Waals surface area contributed by atoms with Crippen molar-refractivity contribution in [2.45, 2.75) is 193 Å². The SMILES string of the molecule is CCCCCCCCCCCC1OC1CC(=O)OCC(C)OC(=O)CC1OC1CCCCCCCCCCC. The van der Waals surface area contributed by atoms with Gasteiger partial charge in [-0.05, 0) is 19.8 Å². The molecule has 2 aliphatic heterocycles. The molecule has 5 unspecified atom stereocenters. The summed E-state index contributed by atoms with van der Waals surface area (Å²) in [6, 6.07) is 0. The highest BCUT2D eigenvalue weighted by molar-refractivity contribution is 5.71. The largest absolute Gasteiger partial charge is 0.462 e. The van der Waals surface area contributed by atoms with Crippen molar-refractivity contribution >= 4 is 11.9 Å². The Morgan fingerprint density at radius 2 is 0.949 bits per heavy atom. The van der Waals surface area contributed by atoms with Gasteiger partial charge in [0, 0.05) is 0 Å². The summed E-state index contributed by atoms with van der Waals surface area (Å²) in [4.78, 5) is 24.4. The molecule has 6 heteroatoms. The maximum absolute atomic E-state index is 12.2. The molecule has 2 aliphatic rings. The molecule has 0 bridgehead atoms. The van der Waals surface area contributed by atoms with Crippen molar-refractivity contribution in [2.24, 2.45) is 0 Å². The summed E-state index contributed by atoms with van der Waals surface area (Å²) in [5.41, 5.74) is 0. The number of carbonyl (C=O) groups excluding carboxylic acids is 2. The summed E-state index contributed by atoms with van der Waals surface area (Å²) >= 11 is 0. The Morgan fingerprint density at radius 3 is 1.38 bits per heavy atom. The van der Waals surface area contributed by atoms with Crippen molar-refractivity contribution in [2.75, 3.05) is 6.61 Å². The first-order valence-electron chi connectivity index (χ1n) is 16.7. The van der Waals surface area contributed by atoms with Crippen LogP contribution in [0.15, 0.2) is 0 Å². The fourth-order valence-electron chi connectivity index (χ4n) is 5.44. The molecule has 39 heavy (non-hydrogen) atoms. The van der Waals surface area contributed by atoms with Gasteiger partial charge in [0.2, 0.25) is 0 Å². The number of epoxide rings is 2. The quantitative estimate of drug-likeness (QED) is 0.0577. The van der Waals surface area contributed by atoms with E-state index in [9.17, 15) is 9.59 Å². The summed E-state index contributed by atoms with van der Waals surface area (Å²) in [5, 5.41) is 0. The molecule has 6 nitrogen and oxygen atoms in total. The molecule has 0 saturated carbocycles. The zero-order valence-corrected chi connectivity index (χ0v) is 25.6. The predicted molar refractivity (Wildman–Crippen MR) is 157 cm³/mol. The minimum absolute atomic E-state index is 0.000793. The van der Waals surface area contributed by atoms with E-state index in [1.165, 1.54) is 116 Å². The number of carbonyl (C=O) groups is 2. The average molecular weight is 553 g/mol. The summed E-state index contributed by atoms with van der Waals surface area (Å²) in [7, 11) is 0. The van der Waals surface area contributed by atoms with Crippen LogP contribution in [0.25, 0.3) is 0 Å². The molecule has 0 N–H and O–H groups in total. The lowest BCUT2D eigenvalue weighted by molar-refractivity contribution is -0.158. The third kappa shape index (κ3) is 18.0. The molecule has 2 heterocycles. The summed E-state index contributed by atoms with van der Waals surface area (Å²) in [6.45, 7) is 6.36. The van der Waals surface area contributed by atoms with Gasteiger partial charge >= 0.3 is 11.9 Å². The molecule has 0 radical (unpaired) electrons. The van der Waals surface area contributed by atoms with Crippen LogP contribution in [-0.2, 0) is 28.5 Å². The van der Waals surface area contributed by atoms with E-state index < -0.39 is 6.10 Å². The van der Waals surface area contributed by atoms with Crippen LogP contribution < -0.4 is 0 Å². The number of unbranched alkanes of at least 4 members (excludes halogenated alkanes) is 16. The van der Waals surface area contributed by atoms with Crippen molar-refractivity contribution in [3.05, 3.63) is 0 Å². The van der Waals surface area contributed by atoms with Crippen LogP contribution in [0.4, 0.5) is 0 Å². The number of esters is 2. The molecule has 0 aromatic heterocycles. The van der Waals surface area contributed by atoms with Crippen LogP contribution in [0.2, 0.25) is 0 Å². The summed E-state index contributed by atoms with van der Waals surface area (Å²) in [5.74, 6) is -0.547. The number of hydrogen-bond acceptors (Lipinski definition) is 6. The second-order valence-electron chi connectivity index (χ2n) is 12.1. The normalized spacial score (nSPS) is 22.4. The zero-order valence-electron chi connectivity index (χ0n) is 25.6. The van der Waals surface area contributed by atoms with E-state index in [1.54, 1.807) is 6.92 Å². The first-order chi connectivity index (χ1) is 19.0. The van der Waals surface area contributed by atoms with E-state index in [0.29, 0.717) is 6.42 Å². The first-order valence-corrected chi connectivity index (χ1v) is 16.7. The average Bonchev–Trinajstić information content (AvgIpc) is 3.83. The van der Waals surface area contributed by atoms with E-state index in [0.717, 1.165) is 12.8 Å². The molecule has 0 aliphatic carbocycles. The van der Waals surface area contributed by atoms with Gasteiger partial charge in [0.1, 0.15) is 12.7 Å². The fraction of sp³-hybridized carbons (Fsp3) is 0.939. The maximum Gasteiger partial charge on any atom is 0.308 e. The second kappa shape index (κ2) is 21.6. The molecule has 5 atom stereocenters. The first kappa shape index (κ1) is 34.1. The van der Waals surface area contributed by atoms with Gasteiger partial charge in [-0.1, -0.05) is 129 Å². The Bertz CT molecular complexity index is 638. The number of rotatable bonds is 27.